The monoisotopic (exact) mass is 358 g/mol. The second kappa shape index (κ2) is 7.79. The van der Waals surface area contributed by atoms with E-state index in [0.717, 1.165) is 24.7 Å². The van der Waals surface area contributed by atoms with Crippen LogP contribution in [-0.4, -0.2) is 31.6 Å². The molecule has 1 aromatic carbocycles. The molecule has 112 valence electrons. The minimum atomic E-state index is 0.435. The number of benzene rings is 1. The zero-order chi connectivity index (χ0) is 14.5. The van der Waals surface area contributed by atoms with E-state index in [9.17, 15) is 0 Å². The number of likely N-dealkylation sites (tertiary alicyclic amines) is 1. The predicted molar refractivity (Wildman–Crippen MR) is 90.4 cm³/mol. The van der Waals surface area contributed by atoms with Crippen LogP contribution in [0.15, 0.2) is 22.7 Å². The van der Waals surface area contributed by atoms with Gasteiger partial charge in [-0.2, -0.15) is 0 Å². The van der Waals surface area contributed by atoms with E-state index in [1.54, 1.807) is 0 Å². The van der Waals surface area contributed by atoms with Crippen molar-refractivity contribution in [3.05, 3.63) is 33.3 Å². The van der Waals surface area contributed by atoms with Crippen LogP contribution >= 0.6 is 27.5 Å². The Balaban J connectivity index is 2.31. The first-order valence-corrected chi connectivity index (χ1v) is 8.66. The van der Waals surface area contributed by atoms with Gasteiger partial charge in [0.05, 0.1) is 0 Å². The minimum Gasteiger partial charge on any atom is -0.317 e. The summed E-state index contributed by atoms with van der Waals surface area (Å²) in [6, 6.07) is 6.58. The van der Waals surface area contributed by atoms with Gasteiger partial charge < -0.3 is 5.32 Å². The van der Waals surface area contributed by atoms with Gasteiger partial charge in [-0.1, -0.05) is 40.9 Å². The van der Waals surface area contributed by atoms with Crippen LogP contribution in [0.1, 0.15) is 37.8 Å². The molecule has 0 bridgehead atoms. The van der Waals surface area contributed by atoms with Crippen molar-refractivity contribution in [2.75, 3.05) is 26.7 Å². The maximum Gasteiger partial charge on any atom is 0.0410 e. The third kappa shape index (κ3) is 3.97. The average molecular weight is 360 g/mol. The molecule has 0 spiro atoms. The molecule has 20 heavy (non-hydrogen) atoms. The van der Waals surface area contributed by atoms with Crippen molar-refractivity contribution in [1.82, 2.24) is 10.2 Å². The van der Waals surface area contributed by atoms with Gasteiger partial charge in [0.25, 0.3) is 0 Å². The Morgan fingerprint density at radius 3 is 2.95 bits per heavy atom. The lowest BCUT2D eigenvalue weighted by molar-refractivity contribution is 0.189. The Morgan fingerprint density at radius 2 is 2.20 bits per heavy atom. The van der Waals surface area contributed by atoms with E-state index in [4.69, 9.17) is 11.6 Å². The van der Waals surface area contributed by atoms with Crippen molar-refractivity contribution in [3.63, 3.8) is 0 Å². The van der Waals surface area contributed by atoms with Gasteiger partial charge in [0.15, 0.2) is 0 Å². The maximum absolute atomic E-state index is 6.22. The molecule has 0 aliphatic carbocycles. The quantitative estimate of drug-likeness (QED) is 0.852. The first-order valence-electron chi connectivity index (χ1n) is 7.49. The molecule has 1 aliphatic rings. The zero-order valence-electron chi connectivity index (χ0n) is 12.3. The van der Waals surface area contributed by atoms with E-state index in [2.05, 4.69) is 52.3 Å². The highest BCUT2D eigenvalue weighted by Crippen LogP contribution is 2.38. The summed E-state index contributed by atoms with van der Waals surface area (Å²) in [5, 5.41) is 4.35. The van der Waals surface area contributed by atoms with Crippen molar-refractivity contribution < 1.29 is 0 Å². The number of rotatable bonds is 4. The van der Waals surface area contributed by atoms with E-state index in [1.807, 2.05) is 6.07 Å². The Labute approximate surface area is 136 Å². The van der Waals surface area contributed by atoms with Gasteiger partial charge >= 0.3 is 0 Å². The molecule has 2 unspecified atom stereocenters. The summed E-state index contributed by atoms with van der Waals surface area (Å²) in [6.45, 7) is 5.44. The van der Waals surface area contributed by atoms with Gasteiger partial charge in [0.1, 0.15) is 0 Å². The van der Waals surface area contributed by atoms with Crippen molar-refractivity contribution in [3.8, 4) is 0 Å². The van der Waals surface area contributed by atoms with Crippen LogP contribution < -0.4 is 5.32 Å². The first kappa shape index (κ1) is 16.3. The summed E-state index contributed by atoms with van der Waals surface area (Å²) < 4.78 is 1.17. The third-order valence-electron chi connectivity index (χ3n) is 4.19. The number of halogens is 2. The SMILES string of the molecule is CCNCC1CCCCN(C)C1c1cc(Cl)ccc1Br. The molecule has 0 aromatic heterocycles. The third-order valence-corrected chi connectivity index (χ3v) is 5.15. The van der Waals surface area contributed by atoms with Crippen LogP contribution in [0, 0.1) is 5.92 Å². The highest BCUT2D eigenvalue weighted by molar-refractivity contribution is 9.10. The Kier molecular flexibility index (Phi) is 6.34. The molecule has 0 saturated carbocycles. The molecule has 1 aliphatic heterocycles. The number of nitrogens with one attached hydrogen (secondary N) is 1. The van der Waals surface area contributed by atoms with Crippen molar-refractivity contribution in [2.24, 2.45) is 5.92 Å². The molecular formula is C16H24BrClN2. The number of hydrogen-bond acceptors (Lipinski definition) is 2. The van der Waals surface area contributed by atoms with Crippen molar-refractivity contribution in [1.29, 1.82) is 0 Å². The first-order chi connectivity index (χ1) is 9.63. The van der Waals surface area contributed by atoms with Crippen LogP contribution in [0.5, 0.6) is 0 Å². The molecule has 1 fully saturated rings. The van der Waals surface area contributed by atoms with Crippen LogP contribution in [0.3, 0.4) is 0 Å². The molecule has 2 nitrogen and oxygen atoms in total. The molecule has 2 atom stereocenters. The summed E-state index contributed by atoms with van der Waals surface area (Å²) in [7, 11) is 2.24. The predicted octanol–water partition coefficient (Wildman–Crippen LogP) is 4.49. The van der Waals surface area contributed by atoms with E-state index < -0.39 is 0 Å². The van der Waals surface area contributed by atoms with Gasteiger partial charge in [-0.3, -0.25) is 4.90 Å². The highest BCUT2D eigenvalue weighted by Gasteiger charge is 2.30. The Morgan fingerprint density at radius 1 is 1.40 bits per heavy atom. The molecule has 4 heteroatoms. The number of hydrogen-bond donors (Lipinski definition) is 1. The van der Waals surface area contributed by atoms with Gasteiger partial charge in [-0.05, 0) is 69.2 Å². The largest absolute Gasteiger partial charge is 0.317 e. The zero-order valence-corrected chi connectivity index (χ0v) is 14.7. The normalized spacial score (nSPS) is 24.6. The van der Waals surface area contributed by atoms with Gasteiger partial charge in [0, 0.05) is 15.5 Å². The van der Waals surface area contributed by atoms with E-state index in [0.29, 0.717) is 12.0 Å². The Bertz CT molecular complexity index is 438. The van der Waals surface area contributed by atoms with Crippen molar-refractivity contribution in [2.45, 2.75) is 32.2 Å². The second-order valence-corrected chi connectivity index (χ2v) is 6.95. The molecule has 1 saturated heterocycles. The molecule has 0 radical (unpaired) electrons. The molecule has 2 rings (SSSR count). The van der Waals surface area contributed by atoms with E-state index in [1.165, 1.54) is 29.3 Å². The smallest absolute Gasteiger partial charge is 0.0410 e. The topological polar surface area (TPSA) is 15.3 Å². The van der Waals surface area contributed by atoms with Crippen LogP contribution in [0.2, 0.25) is 5.02 Å². The number of nitrogens with zero attached hydrogens (tertiary/aromatic N) is 1. The maximum atomic E-state index is 6.22. The lowest BCUT2D eigenvalue weighted by Gasteiger charge is -2.33. The lowest BCUT2D eigenvalue weighted by atomic mass is 9.89. The second-order valence-electron chi connectivity index (χ2n) is 5.65. The highest BCUT2D eigenvalue weighted by atomic mass is 79.9. The summed E-state index contributed by atoms with van der Waals surface area (Å²) in [6.07, 6.45) is 3.88. The standard InChI is InChI=1S/C16H24BrClN2/c1-3-19-11-12-6-4-5-9-20(2)16(12)14-10-13(18)7-8-15(14)17/h7-8,10,12,16,19H,3-6,9,11H2,1-2H3. The summed E-state index contributed by atoms with van der Waals surface area (Å²) in [5.74, 6) is 0.636. The van der Waals surface area contributed by atoms with Crippen molar-refractivity contribution >= 4 is 27.5 Å². The minimum absolute atomic E-state index is 0.435. The Hall–Kier alpha value is -0.0900. The van der Waals surface area contributed by atoms with E-state index in [-0.39, 0.29) is 0 Å². The van der Waals surface area contributed by atoms with E-state index >= 15 is 0 Å². The molecule has 0 amide bonds. The summed E-state index contributed by atoms with van der Waals surface area (Å²) >= 11 is 9.93. The fourth-order valence-electron chi connectivity index (χ4n) is 3.20. The van der Waals surface area contributed by atoms with Gasteiger partial charge in [-0.15, -0.1) is 0 Å². The summed E-state index contributed by atoms with van der Waals surface area (Å²) in [4.78, 5) is 2.49. The summed E-state index contributed by atoms with van der Waals surface area (Å²) in [5.41, 5.74) is 1.32. The molecule has 1 heterocycles. The van der Waals surface area contributed by atoms with Crippen LogP contribution in [0.25, 0.3) is 0 Å². The fourth-order valence-corrected chi connectivity index (χ4v) is 3.86. The molecule has 1 N–H and O–H groups in total. The van der Waals surface area contributed by atoms with Gasteiger partial charge in [-0.25, -0.2) is 0 Å². The fraction of sp³-hybridized carbons (Fsp3) is 0.625. The molecule has 1 aromatic rings. The van der Waals surface area contributed by atoms with Crippen LogP contribution in [-0.2, 0) is 0 Å². The van der Waals surface area contributed by atoms with Crippen LogP contribution in [0.4, 0.5) is 0 Å². The average Bonchev–Trinajstić information content (AvgIpc) is 2.61. The molecular weight excluding hydrogens is 336 g/mol. The van der Waals surface area contributed by atoms with Gasteiger partial charge in [0.2, 0.25) is 0 Å². The lowest BCUT2D eigenvalue weighted by Crippen LogP contribution is -2.35.